The molecule has 0 saturated heterocycles. The fourth-order valence-electron chi connectivity index (χ4n) is 0.599. The van der Waals surface area contributed by atoms with E-state index in [1.165, 1.54) is 23.1 Å². The first-order chi connectivity index (χ1) is 6.33. The molecule has 0 aliphatic rings. The molecule has 0 bridgehead atoms. The van der Waals surface area contributed by atoms with E-state index in [2.05, 4.69) is 15.5 Å². The lowest BCUT2D eigenvalue weighted by Crippen LogP contribution is -2.27. The van der Waals surface area contributed by atoms with E-state index >= 15 is 0 Å². The van der Waals surface area contributed by atoms with E-state index in [4.69, 9.17) is 5.11 Å². The van der Waals surface area contributed by atoms with Gasteiger partial charge in [0.2, 0.25) is 5.91 Å². The number of carbonyl (C=O) groups is 1. The third-order valence-electron chi connectivity index (χ3n) is 1.10. The Bertz CT molecular complexity index is 252. The van der Waals surface area contributed by atoms with Crippen molar-refractivity contribution in [3.63, 3.8) is 0 Å². The summed E-state index contributed by atoms with van der Waals surface area (Å²) in [4.78, 5) is 11.0. The molecule has 2 N–H and O–H groups in total. The predicted molar refractivity (Wildman–Crippen MR) is 50.7 cm³/mol. The van der Waals surface area contributed by atoms with Crippen LogP contribution in [0.15, 0.2) is 9.85 Å². The average Bonchev–Trinajstić information content (AvgIpc) is 2.64. The van der Waals surface area contributed by atoms with E-state index in [0.29, 0.717) is 12.3 Å². The maximum atomic E-state index is 11.0. The SMILES string of the molecule is O=C(CSc1nncs1)NCCO. The van der Waals surface area contributed by atoms with Gasteiger partial charge in [-0.05, 0) is 0 Å². The lowest BCUT2D eigenvalue weighted by atomic mass is 10.6. The second-order valence-corrected chi connectivity index (χ2v) is 4.12. The molecule has 0 aliphatic carbocycles. The van der Waals surface area contributed by atoms with Crippen LogP contribution in [0.5, 0.6) is 0 Å². The van der Waals surface area contributed by atoms with Crippen LogP contribution >= 0.6 is 23.1 Å². The molecule has 0 radical (unpaired) electrons. The molecule has 1 amide bonds. The zero-order valence-electron chi connectivity index (χ0n) is 6.77. The average molecular weight is 219 g/mol. The van der Waals surface area contributed by atoms with Gasteiger partial charge < -0.3 is 10.4 Å². The van der Waals surface area contributed by atoms with Gasteiger partial charge in [0.1, 0.15) is 5.51 Å². The standard InChI is InChI=1S/C6H9N3O2S2/c10-2-1-7-5(11)3-12-6-9-8-4-13-6/h4,10H,1-3H2,(H,7,11). The highest BCUT2D eigenvalue weighted by atomic mass is 32.2. The Balaban J connectivity index is 2.15. The van der Waals surface area contributed by atoms with Gasteiger partial charge in [-0.25, -0.2) is 0 Å². The maximum absolute atomic E-state index is 11.0. The van der Waals surface area contributed by atoms with Crippen LogP contribution < -0.4 is 5.32 Å². The number of nitrogens with zero attached hydrogens (tertiary/aromatic N) is 2. The normalized spacial score (nSPS) is 9.92. The van der Waals surface area contributed by atoms with Crippen LogP contribution in [0.25, 0.3) is 0 Å². The molecule has 1 heterocycles. The smallest absolute Gasteiger partial charge is 0.230 e. The summed E-state index contributed by atoms with van der Waals surface area (Å²) in [6, 6.07) is 0. The van der Waals surface area contributed by atoms with Crippen molar-refractivity contribution in [2.24, 2.45) is 0 Å². The number of aliphatic hydroxyl groups is 1. The summed E-state index contributed by atoms with van der Waals surface area (Å²) in [5, 5.41) is 18.4. The van der Waals surface area contributed by atoms with Gasteiger partial charge in [0, 0.05) is 6.54 Å². The number of carbonyl (C=O) groups excluding carboxylic acids is 1. The minimum Gasteiger partial charge on any atom is -0.395 e. The third kappa shape index (κ3) is 4.20. The number of aliphatic hydroxyl groups excluding tert-OH is 1. The van der Waals surface area contributed by atoms with Gasteiger partial charge >= 0.3 is 0 Å². The largest absolute Gasteiger partial charge is 0.395 e. The third-order valence-corrected chi connectivity index (χ3v) is 2.96. The highest BCUT2D eigenvalue weighted by Crippen LogP contribution is 2.17. The molecule has 72 valence electrons. The first-order valence-corrected chi connectivity index (χ1v) is 5.46. The van der Waals surface area contributed by atoms with Gasteiger partial charge in [-0.1, -0.05) is 23.1 Å². The fourth-order valence-corrected chi connectivity index (χ4v) is 1.92. The number of thioether (sulfide) groups is 1. The number of hydrogen-bond donors (Lipinski definition) is 2. The fraction of sp³-hybridized carbons (Fsp3) is 0.500. The molecule has 0 atom stereocenters. The maximum Gasteiger partial charge on any atom is 0.230 e. The Morgan fingerprint density at radius 1 is 1.77 bits per heavy atom. The topological polar surface area (TPSA) is 75.1 Å². The Kier molecular flexibility index (Phi) is 4.73. The highest BCUT2D eigenvalue weighted by molar-refractivity contribution is 8.01. The molecular formula is C6H9N3O2S2. The Morgan fingerprint density at radius 2 is 2.62 bits per heavy atom. The van der Waals surface area contributed by atoms with E-state index in [1.54, 1.807) is 5.51 Å². The number of nitrogens with one attached hydrogen (secondary N) is 1. The van der Waals surface area contributed by atoms with Crippen molar-refractivity contribution < 1.29 is 9.90 Å². The van der Waals surface area contributed by atoms with Crippen molar-refractivity contribution in [3.05, 3.63) is 5.51 Å². The predicted octanol–water partition coefficient (Wildman–Crippen LogP) is -0.261. The number of rotatable bonds is 5. The quantitative estimate of drug-likeness (QED) is 0.667. The van der Waals surface area contributed by atoms with Crippen LogP contribution in [0.4, 0.5) is 0 Å². The van der Waals surface area contributed by atoms with E-state index in [9.17, 15) is 4.79 Å². The minimum atomic E-state index is -0.103. The molecule has 0 unspecified atom stereocenters. The Hall–Kier alpha value is -0.660. The summed E-state index contributed by atoms with van der Waals surface area (Å²) >= 11 is 2.74. The molecule has 1 aromatic heterocycles. The lowest BCUT2D eigenvalue weighted by molar-refractivity contribution is -0.118. The van der Waals surface area contributed by atoms with Gasteiger partial charge in [-0.3, -0.25) is 4.79 Å². The van der Waals surface area contributed by atoms with Crippen molar-refractivity contribution in [3.8, 4) is 0 Å². The number of hydrogen-bond acceptors (Lipinski definition) is 6. The number of amides is 1. The molecule has 0 aromatic carbocycles. The van der Waals surface area contributed by atoms with Gasteiger partial charge in [-0.2, -0.15) is 0 Å². The molecule has 7 heteroatoms. The van der Waals surface area contributed by atoms with Crippen LogP contribution in [0.3, 0.4) is 0 Å². The molecule has 0 saturated carbocycles. The summed E-state index contributed by atoms with van der Waals surface area (Å²) in [5.74, 6) is 0.212. The highest BCUT2D eigenvalue weighted by Gasteiger charge is 2.03. The van der Waals surface area contributed by atoms with Crippen molar-refractivity contribution in [2.75, 3.05) is 18.9 Å². The summed E-state index contributed by atoms with van der Waals surface area (Å²) in [6.07, 6.45) is 0. The van der Waals surface area contributed by atoms with Crippen molar-refractivity contribution >= 4 is 29.0 Å². The first-order valence-electron chi connectivity index (χ1n) is 3.59. The first kappa shape index (κ1) is 10.4. The second-order valence-electron chi connectivity index (χ2n) is 2.07. The van der Waals surface area contributed by atoms with Crippen LogP contribution in [0.1, 0.15) is 0 Å². The zero-order valence-corrected chi connectivity index (χ0v) is 8.40. The van der Waals surface area contributed by atoms with E-state index in [0.717, 1.165) is 4.34 Å². The van der Waals surface area contributed by atoms with Crippen molar-refractivity contribution in [2.45, 2.75) is 4.34 Å². The molecule has 1 rings (SSSR count). The zero-order chi connectivity index (χ0) is 9.52. The molecule has 5 nitrogen and oxygen atoms in total. The number of aromatic nitrogens is 2. The van der Waals surface area contributed by atoms with Gasteiger partial charge in [0.25, 0.3) is 0 Å². The van der Waals surface area contributed by atoms with Crippen molar-refractivity contribution in [1.82, 2.24) is 15.5 Å². The molecular weight excluding hydrogens is 210 g/mol. The van der Waals surface area contributed by atoms with Crippen molar-refractivity contribution in [1.29, 1.82) is 0 Å². The Labute approximate surface area is 83.6 Å². The minimum absolute atomic E-state index is 0.0325. The van der Waals surface area contributed by atoms with Gasteiger partial charge in [0.15, 0.2) is 4.34 Å². The molecule has 13 heavy (non-hydrogen) atoms. The summed E-state index contributed by atoms with van der Waals surface area (Å²) in [5.41, 5.74) is 1.62. The van der Waals surface area contributed by atoms with E-state index in [1.807, 2.05) is 0 Å². The van der Waals surface area contributed by atoms with Crippen LogP contribution in [-0.2, 0) is 4.79 Å². The van der Waals surface area contributed by atoms with Crippen LogP contribution in [0, 0.1) is 0 Å². The van der Waals surface area contributed by atoms with Crippen LogP contribution in [-0.4, -0.2) is 40.1 Å². The van der Waals surface area contributed by atoms with Gasteiger partial charge in [0.05, 0.1) is 12.4 Å². The monoisotopic (exact) mass is 219 g/mol. The summed E-state index contributed by atoms with van der Waals surface area (Å²) in [6.45, 7) is 0.269. The molecule has 0 fully saturated rings. The molecule has 0 aliphatic heterocycles. The van der Waals surface area contributed by atoms with Gasteiger partial charge in [-0.15, -0.1) is 10.2 Å². The Morgan fingerprint density at radius 3 is 3.23 bits per heavy atom. The summed E-state index contributed by atoms with van der Waals surface area (Å²) in [7, 11) is 0. The molecule has 0 spiro atoms. The summed E-state index contributed by atoms with van der Waals surface area (Å²) < 4.78 is 0.777. The second kappa shape index (κ2) is 5.90. The lowest BCUT2D eigenvalue weighted by Gasteiger charge is -1.99. The molecule has 1 aromatic rings. The van der Waals surface area contributed by atoms with E-state index < -0.39 is 0 Å². The van der Waals surface area contributed by atoms with E-state index in [-0.39, 0.29) is 12.5 Å². The van der Waals surface area contributed by atoms with Crippen LogP contribution in [0.2, 0.25) is 0 Å².